The highest BCUT2D eigenvalue weighted by atomic mass is 35.5. The zero-order chi connectivity index (χ0) is 23.8. The van der Waals surface area contributed by atoms with Gasteiger partial charge in [0.1, 0.15) is 5.75 Å². The van der Waals surface area contributed by atoms with Crippen LogP contribution in [-0.4, -0.2) is 33.1 Å². The van der Waals surface area contributed by atoms with Crippen molar-refractivity contribution in [3.05, 3.63) is 94.4 Å². The van der Waals surface area contributed by atoms with Gasteiger partial charge in [-0.15, -0.1) is 0 Å². The Morgan fingerprint density at radius 3 is 2.68 bits per heavy atom. The van der Waals surface area contributed by atoms with Gasteiger partial charge in [-0.3, -0.25) is 14.3 Å². The predicted molar refractivity (Wildman–Crippen MR) is 132 cm³/mol. The number of carbonyl (C=O) groups excluding carboxylic acids is 2. The molecule has 7 nitrogen and oxygen atoms in total. The van der Waals surface area contributed by atoms with E-state index < -0.39 is 5.91 Å². The Kier molecular flexibility index (Phi) is 5.55. The number of ether oxygens (including phenoxy) is 1. The van der Waals surface area contributed by atoms with E-state index in [0.717, 1.165) is 32.9 Å². The Bertz CT molecular complexity index is 1570. The normalized spacial score (nSPS) is 11.2. The molecule has 2 heterocycles. The number of nitrogens with zero attached hydrogens (tertiary/aromatic N) is 2. The zero-order valence-electron chi connectivity index (χ0n) is 18.3. The molecule has 0 unspecified atom stereocenters. The van der Waals surface area contributed by atoms with Gasteiger partial charge in [-0.2, -0.15) is 5.10 Å². The van der Waals surface area contributed by atoms with Gasteiger partial charge >= 0.3 is 0 Å². The Hall–Kier alpha value is -4.10. The summed E-state index contributed by atoms with van der Waals surface area (Å²) in [6.45, 7) is 2.41. The number of hydrogen-bond acceptors (Lipinski definition) is 4. The highest BCUT2D eigenvalue weighted by Gasteiger charge is 2.17. The van der Waals surface area contributed by atoms with E-state index in [4.69, 9.17) is 22.1 Å². The Morgan fingerprint density at radius 1 is 1.06 bits per heavy atom. The summed E-state index contributed by atoms with van der Waals surface area (Å²) in [5, 5.41) is 7.26. The third-order valence-electron chi connectivity index (χ3n) is 5.83. The van der Waals surface area contributed by atoms with Crippen LogP contribution in [-0.2, 0) is 6.54 Å². The van der Waals surface area contributed by atoms with E-state index in [0.29, 0.717) is 17.1 Å². The number of fused-ring (bicyclic) bond motifs is 2. The minimum atomic E-state index is -0.642. The lowest BCUT2D eigenvalue weighted by Gasteiger charge is -2.11. The topological polar surface area (TPSA) is 103 Å². The van der Waals surface area contributed by atoms with E-state index in [1.807, 2.05) is 41.9 Å². The van der Waals surface area contributed by atoms with Crippen LogP contribution in [0, 0.1) is 6.92 Å². The van der Waals surface area contributed by atoms with Crippen LogP contribution in [0.25, 0.3) is 21.7 Å². The molecule has 0 aliphatic heterocycles. The maximum absolute atomic E-state index is 13.0. The molecular weight excluding hydrogens is 452 g/mol. The molecule has 0 spiro atoms. The third kappa shape index (κ3) is 4.13. The first-order chi connectivity index (χ1) is 16.4. The van der Waals surface area contributed by atoms with E-state index in [1.54, 1.807) is 36.7 Å². The minimum Gasteiger partial charge on any atom is -0.485 e. The summed E-state index contributed by atoms with van der Waals surface area (Å²) < 4.78 is 7.68. The lowest BCUT2D eigenvalue weighted by molar-refractivity contribution is 0.0914. The van der Waals surface area contributed by atoms with E-state index in [1.165, 1.54) is 0 Å². The molecule has 3 aromatic carbocycles. The molecule has 8 heteroatoms. The van der Waals surface area contributed by atoms with Crippen molar-refractivity contribution in [3.8, 4) is 5.75 Å². The molecule has 0 bridgehead atoms. The molecule has 0 atom stereocenters. The maximum atomic E-state index is 13.0. The molecule has 0 saturated heterocycles. The molecule has 0 aliphatic rings. The number of primary amides is 1. The van der Waals surface area contributed by atoms with E-state index in [-0.39, 0.29) is 23.7 Å². The zero-order valence-corrected chi connectivity index (χ0v) is 19.1. The summed E-state index contributed by atoms with van der Waals surface area (Å²) in [6.07, 6.45) is 3.45. The average Bonchev–Trinajstić information content (AvgIpc) is 3.42. The van der Waals surface area contributed by atoms with Crippen molar-refractivity contribution < 1.29 is 14.3 Å². The molecule has 1 amide bonds. The number of rotatable bonds is 7. The van der Waals surface area contributed by atoms with Crippen molar-refractivity contribution in [2.24, 2.45) is 5.73 Å². The van der Waals surface area contributed by atoms with Crippen molar-refractivity contribution in [1.82, 2.24) is 14.8 Å². The van der Waals surface area contributed by atoms with Crippen molar-refractivity contribution in [2.75, 3.05) is 6.61 Å². The number of carbonyl (C=O) groups is 2. The minimum absolute atomic E-state index is 0.194. The monoisotopic (exact) mass is 472 g/mol. The van der Waals surface area contributed by atoms with Crippen LogP contribution in [0.2, 0.25) is 5.02 Å². The van der Waals surface area contributed by atoms with Crippen molar-refractivity contribution in [1.29, 1.82) is 0 Å². The number of Topliss-reactive ketones (excluding diaryl/α,β-unsaturated/α-hetero) is 1. The van der Waals surface area contributed by atoms with Crippen LogP contribution >= 0.6 is 11.6 Å². The number of benzene rings is 3. The molecule has 3 N–H and O–H groups in total. The summed E-state index contributed by atoms with van der Waals surface area (Å²) in [5.41, 5.74) is 9.25. The Labute approximate surface area is 200 Å². The standard InChI is InChI=1S/C26H21ClN4O3/c1-15-6-7-30-31(15)13-16-2-5-20-22(12-29-23(20)8-16)24(32)14-34-25-11-17-3-4-19(27)9-18(17)10-21(25)26(28)33/h2-12,29H,13-14H2,1H3,(H2,28,33). The number of aromatic amines is 1. The molecule has 5 aromatic rings. The van der Waals surface area contributed by atoms with Crippen molar-refractivity contribution in [3.63, 3.8) is 0 Å². The molecule has 0 radical (unpaired) electrons. The second-order valence-corrected chi connectivity index (χ2v) is 8.56. The van der Waals surface area contributed by atoms with Crippen LogP contribution in [0.3, 0.4) is 0 Å². The predicted octanol–water partition coefficient (Wildman–Crippen LogP) is 4.89. The highest BCUT2D eigenvalue weighted by Crippen LogP contribution is 2.28. The maximum Gasteiger partial charge on any atom is 0.252 e. The Balaban J connectivity index is 1.37. The van der Waals surface area contributed by atoms with Crippen LogP contribution < -0.4 is 10.5 Å². The van der Waals surface area contributed by atoms with Gasteiger partial charge in [-0.1, -0.05) is 29.8 Å². The molecule has 0 fully saturated rings. The van der Waals surface area contributed by atoms with E-state index in [9.17, 15) is 9.59 Å². The lowest BCUT2D eigenvalue weighted by atomic mass is 10.1. The van der Waals surface area contributed by atoms with Crippen LogP contribution in [0.15, 0.2) is 67.0 Å². The summed E-state index contributed by atoms with van der Waals surface area (Å²) in [5.74, 6) is -0.600. The summed E-state index contributed by atoms with van der Waals surface area (Å²) >= 11 is 6.05. The number of H-pyrrole nitrogens is 1. The first kappa shape index (κ1) is 21.7. The SMILES string of the molecule is Cc1ccnn1Cc1ccc2c(C(=O)COc3cc4ccc(Cl)cc4cc3C(N)=O)c[nH]c2c1. The van der Waals surface area contributed by atoms with E-state index >= 15 is 0 Å². The smallest absolute Gasteiger partial charge is 0.252 e. The number of aryl methyl sites for hydroxylation is 1. The van der Waals surface area contributed by atoms with Crippen LogP contribution in [0.4, 0.5) is 0 Å². The molecule has 0 saturated carbocycles. The van der Waals surface area contributed by atoms with E-state index in [2.05, 4.69) is 10.1 Å². The fourth-order valence-corrected chi connectivity index (χ4v) is 4.20. The molecule has 5 rings (SSSR count). The molecule has 2 aromatic heterocycles. The van der Waals surface area contributed by atoms with Crippen molar-refractivity contribution >= 4 is 45.0 Å². The van der Waals surface area contributed by atoms with Gasteiger partial charge in [0.25, 0.3) is 5.91 Å². The molecule has 170 valence electrons. The summed E-state index contributed by atoms with van der Waals surface area (Å²) in [4.78, 5) is 28.1. The number of amides is 1. The van der Waals surface area contributed by atoms with Gasteiger partial charge in [0.05, 0.1) is 12.1 Å². The van der Waals surface area contributed by atoms with Gasteiger partial charge in [0.15, 0.2) is 6.61 Å². The van der Waals surface area contributed by atoms with Gasteiger partial charge in [-0.25, -0.2) is 0 Å². The molecule has 34 heavy (non-hydrogen) atoms. The summed E-state index contributed by atoms with van der Waals surface area (Å²) in [7, 11) is 0. The first-order valence-electron chi connectivity index (χ1n) is 10.7. The first-order valence-corrected chi connectivity index (χ1v) is 11.0. The highest BCUT2D eigenvalue weighted by molar-refractivity contribution is 6.31. The number of ketones is 1. The Morgan fingerprint density at radius 2 is 1.91 bits per heavy atom. The fourth-order valence-electron chi connectivity index (χ4n) is 4.02. The van der Waals surface area contributed by atoms with Crippen LogP contribution in [0.1, 0.15) is 32.0 Å². The van der Waals surface area contributed by atoms with Crippen molar-refractivity contribution in [2.45, 2.75) is 13.5 Å². The number of hydrogen-bond donors (Lipinski definition) is 2. The van der Waals surface area contributed by atoms with Crippen LogP contribution in [0.5, 0.6) is 5.75 Å². The van der Waals surface area contributed by atoms with Gasteiger partial charge in [-0.05, 0) is 59.7 Å². The number of nitrogens with two attached hydrogens (primary N) is 1. The van der Waals surface area contributed by atoms with Gasteiger partial charge in [0.2, 0.25) is 5.78 Å². The van der Waals surface area contributed by atoms with Gasteiger partial charge < -0.3 is 15.5 Å². The second kappa shape index (κ2) is 8.68. The molecular formula is C26H21ClN4O3. The number of nitrogens with one attached hydrogen (secondary N) is 1. The summed E-state index contributed by atoms with van der Waals surface area (Å²) in [6, 6.07) is 16.5. The number of halogens is 1. The second-order valence-electron chi connectivity index (χ2n) is 8.13. The average molecular weight is 473 g/mol. The third-order valence-corrected chi connectivity index (χ3v) is 6.07. The fraction of sp³-hybridized carbons (Fsp3) is 0.115. The van der Waals surface area contributed by atoms with Gasteiger partial charge in [0, 0.05) is 39.6 Å². The quantitative estimate of drug-likeness (QED) is 0.329. The lowest BCUT2D eigenvalue weighted by Crippen LogP contribution is -2.16. The largest absolute Gasteiger partial charge is 0.485 e. The number of aromatic nitrogens is 3. The molecule has 0 aliphatic carbocycles.